The maximum absolute atomic E-state index is 4.97. The van der Waals surface area contributed by atoms with Gasteiger partial charge in [-0.3, -0.25) is 4.68 Å². The lowest BCUT2D eigenvalue weighted by Crippen LogP contribution is -2.34. The summed E-state index contributed by atoms with van der Waals surface area (Å²) < 4.78 is 1.84. The van der Waals surface area contributed by atoms with E-state index >= 15 is 0 Å². The van der Waals surface area contributed by atoms with Gasteiger partial charge in [0.2, 0.25) is 5.95 Å². The standard InChI is InChI=1S/C23H30N6/c1-23(2)10-20(24-12-18-13-26-29(4)16-18)19-14-25-22(27-21(19)11-23)28(3)15-17-8-6-5-7-9-17/h5-9,13-14,16,20,24H,10-12,15H2,1-4H3/t20-/m0/s1. The van der Waals surface area contributed by atoms with E-state index in [0.717, 1.165) is 37.6 Å². The lowest BCUT2D eigenvalue weighted by Gasteiger charge is -2.37. The zero-order valence-corrected chi connectivity index (χ0v) is 17.8. The summed E-state index contributed by atoms with van der Waals surface area (Å²) in [4.78, 5) is 11.8. The SMILES string of the molecule is CN(Cc1ccccc1)c1ncc2c(n1)CC(C)(C)C[C@@H]2NCc1cnn(C)c1. The van der Waals surface area contributed by atoms with Crippen LogP contribution in [0.5, 0.6) is 0 Å². The van der Waals surface area contributed by atoms with Crippen LogP contribution < -0.4 is 10.2 Å². The van der Waals surface area contributed by atoms with Crippen molar-refractivity contribution >= 4 is 5.95 Å². The van der Waals surface area contributed by atoms with Gasteiger partial charge in [0.15, 0.2) is 0 Å². The highest BCUT2D eigenvalue weighted by Crippen LogP contribution is 2.40. The Bertz CT molecular complexity index is 963. The number of hydrogen-bond donors (Lipinski definition) is 1. The fourth-order valence-corrected chi connectivity index (χ4v) is 4.13. The number of rotatable bonds is 6. The molecule has 6 nitrogen and oxygen atoms in total. The molecule has 1 aromatic carbocycles. The minimum absolute atomic E-state index is 0.198. The Balaban J connectivity index is 1.53. The van der Waals surface area contributed by atoms with Gasteiger partial charge >= 0.3 is 0 Å². The molecule has 6 heteroatoms. The summed E-state index contributed by atoms with van der Waals surface area (Å²) in [7, 11) is 4.00. The van der Waals surface area contributed by atoms with E-state index in [-0.39, 0.29) is 11.5 Å². The van der Waals surface area contributed by atoms with Crippen LogP contribution in [0.3, 0.4) is 0 Å². The molecule has 0 aliphatic heterocycles. The maximum Gasteiger partial charge on any atom is 0.225 e. The second-order valence-corrected chi connectivity index (χ2v) is 8.91. The first-order chi connectivity index (χ1) is 13.9. The molecule has 2 heterocycles. The Kier molecular flexibility index (Phi) is 5.37. The third kappa shape index (κ3) is 4.65. The first kappa shape index (κ1) is 19.6. The van der Waals surface area contributed by atoms with Crippen molar-refractivity contribution in [1.82, 2.24) is 25.1 Å². The summed E-state index contributed by atoms with van der Waals surface area (Å²) in [5.74, 6) is 0.788. The van der Waals surface area contributed by atoms with Crippen molar-refractivity contribution in [3.63, 3.8) is 0 Å². The van der Waals surface area contributed by atoms with Gasteiger partial charge < -0.3 is 10.2 Å². The molecular formula is C23H30N6. The van der Waals surface area contributed by atoms with Crippen LogP contribution >= 0.6 is 0 Å². The quantitative estimate of drug-likeness (QED) is 0.696. The van der Waals surface area contributed by atoms with Crippen molar-refractivity contribution in [1.29, 1.82) is 0 Å². The number of anilines is 1. The Hall–Kier alpha value is -2.73. The van der Waals surface area contributed by atoms with E-state index in [1.54, 1.807) is 0 Å². The summed E-state index contributed by atoms with van der Waals surface area (Å²) >= 11 is 0. The molecule has 0 radical (unpaired) electrons. The number of aryl methyl sites for hydroxylation is 1. The second kappa shape index (κ2) is 7.95. The molecule has 152 valence electrons. The molecule has 1 atom stereocenters. The van der Waals surface area contributed by atoms with Gasteiger partial charge in [-0.15, -0.1) is 0 Å². The van der Waals surface area contributed by atoms with Crippen LogP contribution in [0.25, 0.3) is 0 Å². The van der Waals surface area contributed by atoms with E-state index in [9.17, 15) is 0 Å². The molecule has 0 fully saturated rings. The molecule has 0 saturated heterocycles. The van der Waals surface area contributed by atoms with E-state index in [2.05, 4.69) is 66.7 Å². The lowest BCUT2D eigenvalue weighted by atomic mass is 9.74. The molecule has 29 heavy (non-hydrogen) atoms. The van der Waals surface area contributed by atoms with Gasteiger partial charge in [0.25, 0.3) is 0 Å². The second-order valence-electron chi connectivity index (χ2n) is 8.91. The third-order valence-electron chi connectivity index (χ3n) is 5.58. The normalized spacial score (nSPS) is 17.7. The van der Waals surface area contributed by atoms with Gasteiger partial charge in [-0.05, 0) is 23.8 Å². The molecule has 0 unspecified atom stereocenters. The average molecular weight is 391 g/mol. The number of fused-ring (bicyclic) bond motifs is 1. The molecule has 0 bridgehead atoms. The zero-order chi connectivity index (χ0) is 20.4. The van der Waals surface area contributed by atoms with E-state index in [0.29, 0.717) is 0 Å². The average Bonchev–Trinajstić information content (AvgIpc) is 3.11. The molecule has 0 amide bonds. The van der Waals surface area contributed by atoms with Gasteiger partial charge in [-0.25, -0.2) is 9.97 Å². The Morgan fingerprint density at radius 2 is 1.97 bits per heavy atom. The van der Waals surface area contributed by atoms with Gasteiger partial charge in [0, 0.05) is 56.7 Å². The van der Waals surface area contributed by atoms with E-state index in [1.807, 2.05) is 30.2 Å². The maximum atomic E-state index is 4.97. The highest BCUT2D eigenvalue weighted by atomic mass is 15.2. The van der Waals surface area contributed by atoms with E-state index in [4.69, 9.17) is 9.97 Å². The van der Waals surface area contributed by atoms with Crippen LogP contribution in [0, 0.1) is 5.41 Å². The highest BCUT2D eigenvalue weighted by molar-refractivity contribution is 5.37. The molecule has 1 aliphatic rings. The Morgan fingerprint density at radius 1 is 1.17 bits per heavy atom. The molecule has 0 saturated carbocycles. The monoisotopic (exact) mass is 390 g/mol. The number of nitrogens with one attached hydrogen (secondary N) is 1. The molecule has 1 N–H and O–H groups in total. The fourth-order valence-electron chi connectivity index (χ4n) is 4.13. The number of hydrogen-bond acceptors (Lipinski definition) is 5. The van der Waals surface area contributed by atoms with Crippen LogP contribution in [0.2, 0.25) is 0 Å². The number of aromatic nitrogens is 4. The van der Waals surface area contributed by atoms with Crippen molar-refractivity contribution in [2.75, 3.05) is 11.9 Å². The first-order valence-electron chi connectivity index (χ1n) is 10.2. The fraction of sp³-hybridized carbons (Fsp3) is 0.435. The lowest BCUT2D eigenvalue weighted by molar-refractivity contribution is 0.252. The van der Waals surface area contributed by atoms with Crippen molar-refractivity contribution in [3.05, 3.63) is 71.3 Å². The molecule has 4 rings (SSSR count). The molecule has 1 aliphatic carbocycles. The smallest absolute Gasteiger partial charge is 0.225 e. The van der Waals surface area contributed by atoms with E-state index in [1.165, 1.54) is 16.7 Å². The molecule has 2 aromatic heterocycles. The van der Waals surface area contributed by atoms with Crippen LogP contribution in [0.1, 0.15) is 48.7 Å². The number of benzene rings is 1. The molecular weight excluding hydrogens is 360 g/mol. The highest BCUT2D eigenvalue weighted by Gasteiger charge is 2.33. The third-order valence-corrected chi connectivity index (χ3v) is 5.58. The molecule has 0 spiro atoms. The summed E-state index contributed by atoms with van der Waals surface area (Å²) in [5, 5.41) is 7.97. The Labute approximate surface area is 173 Å². The number of nitrogens with zero attached hydrogens (tertiary/aromatic N) is 5. The summed E-state index contributed by atoms with van der Waals surface area (Å²) in [6.45, 7) is 6.24. The summed E-state index contributed by atoms with van der Waals surface area (Å²) in [6.07, 6.45) is 8.04. The minimum Gasteiger partial charge on any atom is -0.340 e. The predicted molar refractivity (Wildman–Crippen MR) is 115 cm³/mol. The van der Waals surface area contributed by atoms with Gasteiger partial charge in [0.1, 0.15) is 0 Å². The van der Waals surface area contributed by atoms with Crippen LogP contribution in [0.15, 0.2) is 48.9 Å². The largest absolute Gasteiger partial charge is 0.340 e. The van der Waals surface area contributed by atoms with Crippen molar-refractivity contribution in [3.8, 4) is 0 Å². The van der Waals surface area contributed by atoms with Crippen molar-refractivity contribution < 1.29 is 0 Å². The van der Waals surface area contributed by atoms with E-state index < -0.39 is 0 Å². The van der Waals surface area contributed by atoms with Crippen LogP contribution in [-0.2, 0) is 26.6 Å². The van der Waals surface area contributed by atoms with Crippen LogP contribution in [0.4, 0.5) is 5.95 Å². The summed E-state index contributed by atoms with van der Waals surface area (Å²) in [6, 6.07) is 10.7. The predicted octanol–water partition coefficient (Wildman–Crippen LogP) is 3.65. The van der Waals surface area contributed by atoms with Crippen molar-refractivity contribution in [2.45, 2.75) is 45.8 Å². The first-order valence-corrected chi connectivity index (χ1v) is 10.2. The van der Waals surface area contributed by atoms with Crippen LogP contribution in [-0.4, -0.2) is 26.8 Å². The van der Waals surface area contributed by atoms with Crippen molar-refractivity contribution in [2.24, 2.45) is 12.5 Å². The molecule has 3 aromatic rings. The van der Waals surface area contributed by atoms with Gasteiger partial charge in [-0.1, -0.05) is 44.2 Å². The van der Waals surface area contributed by atoms with Gasteiger partial charge in [-0.2, -0.15) is 5.10 Å². The topological polar surface area (TPSA) is 58.9 Å². The van der Waals surface area contributed by atoms with Gasteiger partial charge in [0.05, 0.1) is 11.9 Å². The zero-order valence-electron chi connectivity index (χ0n) is 17.8. The summed E-state index contributed by atoms with van der Waals surface area (Å²) in [5.41, 5.74) is 5.04. The minimum atomic E-state index is 0.198. The Morgan fingerprint density at radius 3 is 2.69 bits per heavy atom.